The van der Waals surface area contributed by atoms with Crippen LogP contribution in [0.5, 0.6) is 11.5 Å². The van der Waals surface area contributed by atoms with Crippen LogP contribution in [0.3, 0.4) is 0 Å². The van der Waals surface area contributed by atoms with Crippen molar-refractivity contribution in [3.63, 3.8) is 0 Å². The highest BCUT2D eigenvalue weighted by atomic mass is 35.5. The van der Waals surface area contributed by atoms with Crippen LogP contribution in [0.1, 0.15) is 11.6 Å². The van der Waals surface area contributed by atoms with Crippen LogP contribution < -0.4 is 9.47 Å². The second-order valence-corrected chi connectivity index (χ2v) is 6.47. The van der Waals surface area contributed by atoms with Gasteiger partial charge in [-0.25, -0.2) is 0 Å². The van der Waals surface area contributed by atoms with Crippen LogP contribution in [-0.4, -0.2) is 32.2 Å². The molecule has 6 nitrogen and oxygen atoms in total. The van der Waals surface area contributed by atoms with E-state index in [1.54, 1.807) is 12.1 Å². The van der Waals surface area contributed by atoms with E-state index in [1.165, 1.54) is 0 Å². The maximum Gasteiger partial charge on any atom is 0.162 e. The van der Waals surface area contributed by atoms with Gasteiger partial charge in [-0.2, -0.15) is 0 Å². The topological polar surface area (TPSA) is 66.2 Å². The first kappa shape index (κ1) is 14.3. The van der Waals surface area contributed by atoms with Gasteiger partial charge in [-0.15, -0.1) is 10.2 Å². The fourth-order valence-corrected chi connectivity index (χ4v) is 3.56. The molecule has 2 aromatic rings. The summed E-state index contributed by atoms with van der Waals surface area (Å²) in [7, 11) is 0.509. The number of benzene rings is 1. The third-order valence-electron chi connectivity index (χ3n) is 3.28. The molecule has 2 heterocycles. The summed E-state index contributed by atoms with van der Waals surface area (Å²) in [6.45, 7) is 2.81. The molecule has 0 saturated heterocycles. The van der Waals surface area contributed by atoms with E-state index in [0.717, 1.165) is 5.82 Å². The summed E-state index contributed by atoms with van der Waals surface area (Å²) in [5.41, 5.74) is 0. The molecule has 0 fully saturated rings. The van der Waals surface area contributed by atoms with Gasteiger partial charge in [0.2, 0.25) is 0 Å². The maximum atomic E-state index is 12.5. The normalized spacial score (nSPS) is 15.0. The van der Waals surface area contributed by atoms with Gasteiger partial charge in [-0.3, -0.25) is 4.21 Å². The van der Waals surface area contributed by atoms with Crippen molar-refractivity contribution in [2.45, 2.75) is 17.6 Å². The van der Waals surface area contributed by atoms with Crippen LogP contribution in [-0.2, 0) is 23.6 Å². The SMILES string of the molecule is Cc1nnc(C[S@](=O)c2cc3c(cc2Cl)OCCO3)n1C. The van der Waals surface area contributed by atoms with E-state index in [9.17, 15) is 4.21 Å². The minimum atomic E-state index is -1.33. The Labute approximate surface area is 129 Å². The average Bonchev–Trinajstić information content (AvgIpc) is 2.78. The molecule has 0 amide bonds. The Morgan fingerprint density at radius 2 is 1.95 bits per heavy atom. The van der Waals surface area contributed by atoms with Gasteiger partial charge in [0.25, 0.3) is 0 Å². The third-order valence-corrected chi connectivity index (χ3v) is 5.06. The monoisotopic (exact) mass is 327 g/mol. The molecule has 0 spiro atoms. The van der Waals surface area contributed by atoms with Crippen LogP contribution in [0.2, 0.25) is 5.02 Å². The van der Waals surface area contributed by atoms with Crippen molar-refractivity contribution >= 4 is 22.4 Å². The Morgan fingerprint density at radius 3 is 2.57 bits per heavy atom. The number of aryl methyl sites for hydroxylation is 1. The number of halogens is 1. The fraction of sp³-hybridized carbons (Fsp3) is 0.385. The summed E-state index contributed by atoms with van der Waals surface area (Å²) in [6, 6.07) is 3.32. The smallest absolute Gasteiger partial charge is 0.162 e. The van der Waals surface area contributed by atoms with Crippen LogP contribution in [0, 0.1) is 6.92 Å². The van der Waals surface area contributed by atoms with Crippen molar-refractivity contribution in [1.29, 1.82) is 0 Å². The van der Waals surface area contributed by atoms with E-state index in [1.807, 2.05) is 18.5 Å². The molecule has 0 radical (unpaired) electrons. The molecular formula is C13H14ClN3O3S. The van der Waals surface area contributed by atoms with Gasteiger partial charge in [0.1, 0.15) is 24.9 Å². The highest BCUT2D eigenvalue weighted by Crippen LogP contribution is 2.37. The Kier molecular flexibility index (Phi) is 3.86. The van der Waals surface area contributed by atoms with E-state index in [2.05, 4.69) is 10.2 Å². The summed E-state index contributed by atoms with van der Waals surface area (Å²) in [5.74, 6) is 2.83. The summed E-state index contributed by atoms with van der Waals surface area (Å²) >= 11 is 6.20. The molecule has 1 aliphatic heterocycles. The van der Waals surface area contributed by atoms with Crippen molar-refractivity contribution in [3.8, 4) is 11.5 Å². The lowest BCUT2D eigenvalue weighted by molar-refractivity contribution is 0.171. The lowest BCUT2D eigenvalue weighted by atomic mass is 10.3. The highest BCUT2D eigenvalue weighted by Gasteiger charge is 2.19. The summed E-state index contributed by atoms with van der Waals surface area (Å²) in [4.78, 5) is 0.515. The van der Waals surface area contributed by atoms with Crippen LogP contribution >= 0.6 is 11.6 Å². The fourth-order valence-electron chi connectivity index (χ4n) is 1.99. The molecule has 0 N–H and O–H groups in total. The number of nitrogens with zero attached hydrogens (tertiary/aromatic N) is 3. The van der Waals surface area contributed by atoms with Crippen molar-refractivity contribution in [2.24, 2.45) is 7.05 Å². The third kappa shape index (κ3) is 2.75. The number of aromatic nitrogens is 3. The van der Waals surface area contributed by atoms with Crippen molar-refractivity contribution in [3.05, 3.63) is 28.8 Å². The molecule has 0 bridgehead atoms. The minimum absolute atomic E-state index is 0.247. The van der Waals surface area contributed by atoms with Gasteiger partial charge in [-0.1, -0.05) is 11.6 Å². The zero-order valence-electron chi connectivity index (χ0n) is 11.6. The van der Waals surface area contributed by atoms with Crippen LogP contribution in [0.15, 0.2) is 17.0 Å². The van der Waals surface area contributed by atoms with E-state index >= 15 is 0 Å². The number of rotatable bonds is 3. The average molecular weight is 328 g/mol. The van der Waals surface area contributed by atoms with E-state index < -0.39 is 10.8 Å². The molecule has 1 aromatic heterocycles. The number of fused-ring (bicyclic) bond motifs is 1. The predicted molar refractivity (Wildman–Crippen MR) is 78.3 cm³/mol. The summed E-state index contributed by atoms with van der Waals surface area (Å²) in [6.07, 6.45) is 0. The van der Waals surface area contributed by atoms with E-state index in [0.29, 0.717) is 40.5 Å². The van der Waals surface area contributed by atoms with E-state index in [-0.39, 0.29) is 5.75 Å². The second kappa shape index (κ2) is 5.65. The van der Waals surface area contributed by atoms with Crippen molar-refractivity contribution in [1.82, 2.24) is 14.8 Å². The Morgan fingerprint density at radius 1 is 1.29 bits per heavy atom. The first-order valence-electron chi connectivity index (χ1n) is 6.38. The lowest BCUT2D eigenvalue weighted by Crippen LogP contribution is -2.15. The number of hydrogen-bond acceptors (Lipinski definition) is 5. The highest BCUT2D eigenvalue weighted by molar-refractivity contribution is 7.84. The van der Waals surface area contributed by atoms with Gasteiger partial charge >= 0.3 is 0 Å². The number of ether oxygens (including phenoxy) is 2. The molecule has 1 aromatic carbocycles. The molecule has 112 valence electrons. The molecular weight excluding hydrogens is 314 g/mol. The minimum Gasteiger partial charge on any atom is -0.486 e. The van der Waals surface area contributed by atoms with Crippen LogP contribution in [0.4, 0.5) is 0 Å². The quantitative estimate of drug-likeness (QED) is 0.860. The maximum absolute atomic E-state index is 12.5. The molecule has 0 saturated carbocycles. The second-order valence-electron chi connectivity index (χ2n) is 4.64. The summed E-state index contributed by atoms with van der Waals surface area (Å²) in [5, 5.41) is 8.37. The summed E-state index contributed by atoms with van der Waals surface area (Å²) < 4.78 is 25.3. The first-order chi connectivity index (χ1) is 10.1. The largest absolute Gasteiger partial charge is 0.486 e. The van der Waals surface area contributed by atoms with Crippen molar-refractivity contribution in [2.75, 3.05) is 13.2 Å². The molecule has 3 rings (SSSR count). The molecule has 0 unspecified atom stereocenters. The standard InChI is InChI=1S/C13H14ClN3O3S/c1-8-15-16-13(17(8)2)7-21(18)12-6-11-10(5-9(12)14)19-3-4-20-11/h5-6H,3-4,7H2,1-2H3/t21-/m0/s1. The molecule has 1 atom stereocenters. The van der Waals surface area contributed by atoms with Gasteiger partial charge in [-0.05, 0) is 6.92 Å². The van der Waals surface area contributed by atoms with Gasteiger partial charge in [0.15, 0.2) is 11.5 Å². The first-order valence-corrected chi connectivity index (χ1v) is 8.08. The Bertz CT molecular complexity index is 717. The Hall–Kier alpha value is -1.60. The molecule has 21 heavy (non-hydrogen) atoms. The molecule has 0 aliphatic carbocycles. The van der Waals surface area contributed by atoms with E-state index in [4.69, 9.17) is 21.1 Å². The van der Waals surface area contributed by atoms with Gasteiger partial charge in [0, 0.05) is 19.2 Å². The molecule has 1 aliphatic rings. The molecule has 8 heteroatoms. The lowest BCUT2D eigenvalue weighted by Gasteiger charge is -2.19. The Balaban J connectivity index is 1.89. The number of hydrogen-bond donors (Lipinski definition) is 0. The van der Waals surface area contributed by atoms with Gasteiger partial charge < -0.3 is 14.0 Å². The van der Waals surface area contributed by atoms with Gasteiger partial charge in [0.05, 0.1) is 26.5 Å². The zero-order valence-corrected chi connectivity index (χ0v) is 13.2. The van der Waals surface area contributed by atoms with Crippen LogP contribution in [0.25, 0.3) is 0 Å². The predicted octanol–water partition coefficient (Wildman–Crippen LogP) is 1.86. The van der Waals surface area contributed by atoms with Crippen molar-refractivity contribution < 1.29 is 13.7 Å². The zero-order chi connectivity index (χ0) is 15.0.